The smallest absolute Gasteiger partial charge is 0.244 e. The molecule has 0 bridgehead atoms. The number of rotatable bonds is 6. The fourth-order valence-corrected chi connectivity index (χ4v) is 2.95. The van der Waals surface area contributed by atoms with E-state index in [9.17, 15) is 0 Å². The van der Waals surface area contributed by atoms with Crippen molar-refractivity contribution in [2.45, 2.75) is 38.1 Å². The molecule has 0 atom stereocenters. The first-order valence-corrected chi connectivity index (χ1v) is 8.12. The van der Waals surface area contributed by atoms with Crippen LogP contribution in [-0.4, -0.2) is 27.8 Å². The average molecular weight is 318 g/mol. The summed E-state index contributed by atoms with van der Waals surface area (Å²) in [6, 6.07) is 8.40. The number of aromatic nitrogens is 3. The molecule has 22 heavy (non-hydrogen) atoms. The molecule has 1 aromatic heterocycles. The van der Waals surface area contributed by atoms with Crippen LogP contribution in [0.3, 0.4) is 0 Å². The zero-order valence-corrected chi connectivity index (χ0v) is 13.2. The van der Waals surface area contributed by atoms with Crippen LogP contribution >= 0.6 is 11.6 Å². The Hall–Kier alpha value is -1.88. The topological polar surface area (TPSA) is 62.7 Å². The second kappa shape index (κ2) is 7.40. The first-order valence-electron chi connectivity index (χ1n) is 7.74. The highest BCUT2D eigenvalue weighted by atomic mass is 35.5. The molecule has 1 aliphatic rings. The molecule has 1 fully saturated rings. The summed E-state index contributed by atoms with van der Waals surface area (Å²) in [7, 11) is 0. The van der Waals surface area contributed by atoms with Crippen molar-refractivity contribution in [1.29, 1.82) is 0 Å². The molecular weight excluding hydrogens is 298 g/mol. The number of benzene rings is 1. The van der Waals surface area contributed by atoms with E-state index in [2.05, 4.69) is 31.9 Å². The van der Waals surface area contributed by atoms with Gasteiger partial charge in [0.25, 0.3) is 0 Å². The summed E-state index contributed by atoms with van der Waals surface area (Å²) in [6.07, 6.45) is 7.55. The number of hydrogen-bond acceptors (Lipinski definition) is 5. The molecule has 0 radical (unpaired) electrons. The lowest BCUT2D eigenvalue weighted by Crippen LogP contribution is -2.17. The Morgan fingerprint density at radius 2 is 2.09 bits per heavy atom. The van der Waals surface area contributed by atoms with Gasteiger partial charge in [-0.25, -0.2) is 0 Å². The van der Waals surface area contributed by atoms with Gasteiger partial charge < -0.3 is 10.6 Å². The molecule has 0 saturated heterocycles. The predicted octanol–water partition coefficient (Wildman–Crippen LogP) is 3.53. The lowest BCUT2D eigenvalue weighted by Gasteiger charge is -2.12. The van der Waals surface area contributed by atoms with E-state index < -0.39 is 0 Å². The van der Waals surface area contributed by atoms with E-state index in [1.54, 1.807) is 6.20 Å². The molecule has 5 nitrogen and oxygen atoms in total. The fraction of sp³-hybridized carbons (Fsp3) is 0.438. The zero-order chi connectivity index (χ0) is 15.2. The number of hydrogen-bond donors (Lipinski definition) is 2. The molecule has 2 aromatic rings. The van der Waals surface area contributed by atoms with E-state index in [1.165, 1.54) is 31.2 Å². The second-order valence-electron chi connectivity index (χ2n) is 5.60. The third-order valence-corrected chi connectivity index (χ3v) is 4.09. The third kappa shape index (κ3) is 4.31. The number of nitrogens with zero attached hydrogens (tertiary/aromatic N) is 3. The minimum atomic E-state index is 0.524. The molecule has 6 heteroatoms. The molecule has 1 aliphatic carbocycles. The highest BCUT2D eigenvalue weighted by Gasteiger charge is 2.15. The van der Waals surface area contributed by atoms with Crippen LogP contribution in [-0.2, 0) is 6.42 Å². The van der Waals surface area contributed by atoms with Gasteiger partial charge in [-0.3, -0.25) is 0 Å². The first-order chi connectivity index (χ1) is 10.8. The van der Waals surface area contributed by atoms with Crippen LogP contribution in [0.5, 0.6) is 0 Å². The van der Waals surface area contributed by atoms with Gasteiger partial charge in [-0.2, -0.15) is 10.1 Å². The molecule has 0 spiro atoms. The Morgan fingerprint density at radius 1 is 1.23 bits per heavy atom. The molecule has 0 amide bonds. The van der Waals surface area contributed by atoms with E-state index in [0.717, 1.165) is 23.8 Å². The van der Waals surface area contributed by atoms with Gasteiger partial charge in [0.2, 0.25) is 5.95 Å². The Labute approximate surface area is 135 Å². The van der Waals surface area contributed by atoms with Gasteiger partial charge in [-0.15, -0.1) is 5.10 Å². The standard InChI is InChI=1S/C16H20ClN5/c17-13-5-3-4-12(10-13)8-9-18-16-21-15(11-19-22-16)20-14-6-1-2-7-14/h3-5,10-11,14H,1-2,6-9H2,(H2,18,20,21,22). The summed E-state index contributed by atoms with van der Waals surface area (Å²) >= 11 is 5.98. The van der Waals surface area contributed by atoms with E-state index in [-0.39, 0.29) is 0 Å². The van der Waals surface area contributed by atoms with Crippen molar-refractivity contribution >= 4 is 23.4 Å². The minimum Gasteiger partial charge on any atom is -0.366 e. The summed E-state index contributed by atoms with van der Waals surface area (Å²) < 4.78 is 0. The van der Waals surface area contributed by atoms with Gasteiger partial charge in [0, 0.05) is 17.6 Å². The lowest BCUT2D eigenvalue weighted by molar-refractivity contribution is 0.746. The maximum absolute atomic E-state index is 5.98. The molecule has 1 heterocycles. The third-order valence-electron chi connectivity index (χ3n) is 3.85. The van der Waals surface area contributed by atoms with Crippen LogP contribution in [0.15, 0.2) is 30.5 Å². The maximum atomic E-state index is 5.98. The van der Waals surface area contributed by atoms with Crippen LogP contribution < -0.4 is 10.6 Å². The summed E-state index contributed by atoms with van der Waals surface area (Å²) in [4.78, 5) is 4.46. The van der Waals surface area contributed by atoms with Crippen molar-refractivity contribution in [2.24, 2.45) is 0 Å². The Balaban J connectivity index is 1.51. The van der Waals surface area contributed by atoms with E-state index in [0.29, 0.717) is 12.0 Å². The van der Waals surface area contributed by atoms with Gasteiger partial charge >= 0.3 is 0 Å². The highest BCUT2D eigenvalue weighted by molar-refractivity contribution is 6.30. The van der Waals surface area contributed by atoms with Gasteiger partial charge in [0.1, 0.15) is 0 Å². The lowest BCUT2D eigenvalue weighted by atomic mass is 10.1. The molecular formula is C16H20ClN5. The van der Waals surface area contributed by atoms with Crippen molar-refractivity contribution in [2.75, 3.05) is 17.2 Å². The molecule has 0 aliphatic heterocycles. The monoisotopic (exact) mass is 317 g/mol. The van der Waals surface area contributed by atoms with Crippen molar-refractivity contribution in [1.82, 2.24) is 15.2 Å². The van der Waals surface area contributed by atoms with Crippen molar-refractivity contribution in [3.05, 3.63) is 41.0 Å². The molecule has 1 saturated carbocycles. The molecule has 2 N–H and O–H groups in total. The molecule has 3 rings (SSSR count). The van der Waals surface area contributed by atoms with Crippen molar-refractivity contribution in [3.63, 3.8) is 0 Å². The van der Waals surface area contributed by atoms with Crippen LogP contribution in [0.1, 0.15) is 31.2 Å². The number of anilines is 2. The molecule has 116 valence electrons. The average Bonchev–Trinajstić information content (AvgIpc) is 3.01. The zero-order valence-electron chi connectivity index (χ0n) is 12.4. The minimum absolute atomic E-state index is 0.524. The van der Waals surface area contributed by atoms with Crippen molar-refractivity contribution in [3.8, 4) is 0 Å². The summed E-state index contributed by atoms with van der Waals surface area (Å²) in [6.45, 7) is 0.745. The largest absolute Gasteiger partial charge is 0.366 e. The summed E-state index contributed by atoms with van der Waals surface area (Å²) in [5, 5.41) is 15.4. The Morgan fingerprint density at radius 3 is 2.91 bits per heavy atom. The van der Waals surface area contributed by atoms with Crippen LogP contribution in [0.2, 0.25) is 5.02 Å². The van der Waals surface area contributed by atoms with Gasteiger partial charge in [-0.05, 0) is 37.0 Å². The van der Waals surface area contributed by atoms with E-state index >= 15 is 0 Å². The molecule has 0 unspecified atom stereocenters. The van der Waals surface area contributed by atoms with Crippen LogP contribution in [0.25, 0.3) is 0 Å². The van der Waals surface area contributed by atoms with E-state index in [4.69, 9.17) is 11.6 Å². The quantitative estimate of drug-likeness (QED) is 0.853. The van der Waals surface area contributed by atoms with Crippen LogP contribution in [0.4, 0.5) is 11.8 Å². The second-order valence-corrected chi connectivity index (χ2v) is 6.03. The Kier molecular flexibility index (Phi) is 5.06. The SMILES string of the molecule is Clc1cccc(CCNc2nncc(NC3CCCC3)n2)c1. The van der Waals surface area contributed by atoms with Crippen LogP contribution in [0, 0.1) is 0 Å². The number of nitrogens with one attached hydrogen (secondary N) is 2. The normalized spacial score (nSPS) is 15.0. The number of halogens is 1. The van der Waals surface area contributed by atoms with Gasteiger partial charge in [-0.1, -0.05) is 36.6 Å². The Bertz CT molecular complexity index is 613. The summed E-state index contributed by atoms with van der Waals surface area (Å²) in [5.41, 5.74) is 1.19. The van der Waals surface area contributed by atoms with E-state index in [1.807, 2.05) is 18.2 Å². The predicted molar refractivity (Wildman–Crippen MR) is 89.4 cm³/mol. The van der Waals surface area contributed by atoms with Gasteiger partial charge in [0.15, 0.2) is 5.82 Å². The fourth-order valence-electron chi connectivity index (χ4n) is 2.74. The first kappa shape index (κ1) is 15.0. The molecule has 1 aromatic carbocycles. The maximum Gasteiger partial charge on any atom is 0.244 e. The highest BCUT2D eigenvalue weighted by Crippen LogP contribution is 2.21. The van der Waals surface area contributed by atoms with Gasteiger partial charge in [0.05, 0.1) is 6.20 Å². The summed E-state index contributed by atoms with van der Waals surface area (Å²) in [5.74, 6) is 1.36. The van der Waals surface area contributed by atoms with Crippen molar-refractivity contribution < 1.29 is 0 Å².